The predicted octanol–water partition coefficient (Wildman–Crippen LogP) is 5.48. The van der Waals surface area contributed by atoms with Crippen LogP contribution in [-0.2, 0) is 4.79 Å². The van der Waals surface area contributed by atoms with Crippen molar-refractivity contribution in [2.24, 2.45) is 17.8 Å². The molecule has 3 unspecified atom stereocenters. The molecule has 2 nitrogen and oxygen atoms in total. The van der Waals surface area contributed by atoms with Crippen LogP contribution in [0.1, 0.15) is 61.8 Å². The molecular weight excluding hydrogens is 358 g/mol. The Morgan fingerprint density at radius 3 is 2.46 bits per heavy atom. The second-order valence-electron chi connectivity index (χ2n) is 8.50. The van der Waals surface area contributed by atoms with Crippen molar-refractivity contribution in [3.8, 4) is 0 Å². The van der Waals surface area contributed by atoms with Crippen molar-refractivity contribution in [3.63, 3.8) is 0 Å². The molecule has 1 N–H and O–H groups in total. The van der Waals surface area contributed by atoms with E-state index in [1.807, 2.05) is 0 Å². The average Bonchev–Trinajstić information content (AvgIpc) is 3.06. The fraction of sp³-hybridized carbons (Fsp3) is 0.682. The monoisotopic (exact) mass is 389 g/mol. The Hall–Kier alpha value is -0.610. The van der Waals surface area contributed by atoms with Crippen molar-refractivity contribution >= 4 is 29.4 Å². The number of hydrogen-bond donors (Lipinski definition) is 1. The minimum absolute atomic E-state index is 0.0911. The number of amides is 1. The summed E-state index contributed by atoms with van der Waals surface area (Å²) in [5.74, 6) is 4.58. The van der Waals surface area contributed by atoms with Crippen molar-refractivity contribution in [2.45, 2.75) is 63.0 Å². The lowest BCUT2D eigenvalue weighted by atomic mass is 9.67. The van der Waals surface area contributed by atoms with E-state index in [-0.39, 0.29) is 17.9 Å². The number of aryl methyl sites for hydroxylation is 2. The largest absolute Gasteiger partial charge is 0.349 e. The smallest absolute Gasteiger partial charge is 0.223 e. The summed E-state index contributed by atoms with van der Waals surface area (Å²) < 4.78 is 0.452. The molecule has 0 aromatic heterocycles. The van der Waals surface area contributed by atoms with Gasteiger partial charge in [0.2, 0.25) is 5.91 Å². The third kappa shape index (κ3) is 3.32. The summed E-state index contributed by atoms with van der Waals surface area (Å²) in [6, 6.07) is 6.62. The van der Waals surface area contributed by atoms with Gasteiger partial charge in [-0.15, -0.1) is 23.5 Å². The number of hydrogen-bond acceptors (Lipinski definition) is 3. The molecule has 1 aliphatic heterocycles. The minimum atomic E-state index is 0.0911. The normalized spacial score (nSPS) is 31.0. The Labute approximate surface area is 166 Å². The second kappa shape index (κ2) is 7.43. The van der Waals surface area contributed by atoms with Gasteiger partial charge in [-0.3, -0.25) is 4.79 Å². The molecule has 1 aromatic carbocycles. The molecule has 4 heteroatoms. The maximum atomic E-state index is 13.1. The fourth-order valence-electron chi connectivity index (χ4n) is 5.46. The molecule has 2 bridgehead atoms. The summed E-state index contributed by atoms with van der Waals surface area (Å²) in [5.41, 5.74) is 3.78. The summed E-state index contributed by atoms with van der Waals surface area (Å²) >= 11 is 4.43. The lowest BCUT2D eigenvalue weighted by molar-refractivity contribution is -0.128. The average molecular weight is 390 g/mol. The van der Waals surface area contributed by atoms with Crippen LogP contribution >= 0.6 is 23.5 Å². The van der Waals surface area contributed by atoms with E-state index >= 15 is 0 Å². The number of benzene rings is 1. The maximum Gasteiger partial charge on any atom is 0.223 e. The van der Waals surface area contributed by atoms with Gasteiger partial charge < -0.3 is 5.32 Å². The topological polar surface area (TPSA) is 29.1 Å². The Balaban J connectivity index is 1.45. The van der Waals surface area contributed by atoms with Crippen LogP contribution in [0.25, 0.3) is 0 Å². The molecule has 142 valence electrons. The predicted molar refractivity (Wildman–Crippen MR) is 114 cm³/mol. The molecule has 3 aliphatic rings. The fourth-order valence-corrected chi connectivity index (χ4v) is 9.40. The van der Waals surface area contributed by atoms with Crippen LogP contribution in [0.3, 0.4) is 0 Å². The Bertz CT molecular complexity index is 667. The van der Waals surface area contributed by atoms with Crippen LogP contribution < -0.4 is 5.32 Å². The van der Waals surface area contributed by atoms with Gasteiger partial charge in [-0.1, -0.05) is 30.2 Å². The quantitative estimate of drug-likeness (QED) is 0.742. The van der Waals surface area contributed by atoms with Gasteiger partial charge in [0.25, 0.3) is 0 Å². The van der Waals surface area contributed by atoms with Crippen molar-refractivity contribution in [3.05, 3.63) is 34.9 Å². The van der Waals surface area contributed by atoms with E-state index in [1.54, 1.807) is 0 Å². The number of rotatable bonds is 3. The highest BCUT2D eigenvalue weighted by Crippen LogP contribution is 2.64. The van der Waals surface area contributed by atoms with E-state index in [0.717, 1.165) is 24.7 Å². The zero-order chi connectivity index (χ0) is 18.3. The van der Waals surface area contributed by atoms with Gasteiger partial charge in [0.15, 0.2) is 0 Å². The zero-order valence-corrected chi connectivity index (χ0v) is 17.8. The summed E-state index contributed by atoms with van der Waals surface area (Å²) in [6.45, 7) is 6.39. The van der Waals surface area contributed by atoms with Crippen LogP contribution in [0, 0.1) is 31.6 Å². The first-order valence-corrected chi connectivity index (χ1v) is 12.1. The third-order valence-electron chi connectivity index (χ3n) is 6.75. The van der Waals surface area contributed by atoms with E-state index in [2.05, 4.69) is 67.8 Å². The summed E-state index contributed by atoms with van der Waals surface area (Å²) in [5, 5.41) is 3.35. The van der Waals surface area contributed by atoms with Gasteiger partial charge in [0, 0.05) is 17.4 Å². The molecule has 2 aliphatic carbocycles. The van der Waals surface area contributed by atoms with E-state index < -0.39 is 0 Å². The molecule has 1 aromatic rings. The molecule has 1 spiro atoms. The van der Waals surface area contributed by atoms with Crippen molar-refractivity contribution in [2.75, 3.05) is 11.5 Å². The molecule has 1 heterocycles. The lowest BCUT2D eigenvalue weighted by Crippen LogP contribution is -2.49. The number of carbonyl (C=O) groups excluding carboxylic acids is 1. The van der Waals surface area contributed by atoms with E-state index in [4.69, 9.17) is 0 Å². The highest BCUT2D eigenvalue weighted by molar-refractivity contribution is 8.21. The van der Waals surface area contributed by atoms with Crippen LogP contribution in [0.2, 0.25) is 0 Å². The van der Waals surface area contributed by atoms with Crippen LogP contribution in [0.5, 0.6) is 0 Å². The lowest BCUT2D eigenvalue weighted by Gasteiger charge is -2.52. The SMILES string of the molecule is Cc1ccc(C)c(C(C)NC(=O)C2CC3CCCC(C2)C32SCCS2)c1. The first-order valence-electron chi connectivity index (χ1n) is 10.1. The molecule has 0 radical (unpaired) electrons. The van der Waals surface area contributed by atoms with E-state index in [9.17, 15) is 4.79 Å². The van der Waals surface area contributed by atoms with Crippen molar-refractivity contribution in [1.82, 2.24) is 5.32 Å². The third-order valence-corrected chi connectivity index (χ3v) is 10.8. The highest BCUT2D eigenvalue weighted by Gasteiger charge is 2.55. The zero-order valence-electron chi connectivity index (χ0n) is 16.2. The summed E-state index contributed by atoms with van der Waals surface area (Å²) in [4.78, 5) is 13.1. The van der Waals surface area contributed by atoms with Gasteiger partial charge in [0.05, 0.1) is 10.1 Å². The first-order chi connectivity index (χ1) is 12.5. The van der Waals surface area contributed by atoms with Gasteiger partial charge in [-0.2, -0.15) is 0 Å². The van der Waals surface area contributed by atoms with Gasteiger partial charge >= 0.3 is 0 Å². The molecule has 1 saturated heterocycles. The van der Waals surface area contributed by atoms with Crippen LogP contribution in [0.4, 0.5) is 0 Å². The van der Waals surface area contributed by atoms with E-state index in [1.165, 1.54) is 47.5 Å². The summed E-state index contributed by atoms with van der Waals surface area (Å²) in [7, 11) is 0. The van der Waals surface area contributed by atoms with Crippen molar-refractivity contribution in [1.29, 1.82) is 0 Å². The highest BCUT2D eigenvalue weighted by atomic mass is 32.2. The number of carbonyl (C=O) groups is 1. The molecule has 4 rings (SSSR count). The van der Waals surface area contributed by atoms with Crippen molar-refractivity contribution < 1.29 is 4.79 Å². The minimum Gasteiger partial charge on any atom is -0.349 e. The molecule has 3 fully saturated rings. The van der Waals surface area contributed by atoms with Gasteiger partial charge in [-0.05, 0) is 69.4 Å². The molecule has 26 heavy (non-hydrogen) atoms. The number of thioether (sulfide) groups is 2. The van der Waals surface area contributed by atoms with E-state index in [0.29, 0.717) is 4.08 Å². The Morgan fingerprint density at radius 2 is 1.81 bits per heavy atom. The molecule has 1 amide bonds. The molecular formula is C22H31NOS2. The number of nitrogens with one attached hydrogen (secondary N) is 1. The standard InChI is InChI=1S/C22H31NOS2/c1-14-7-8-15(2)20(11-14)16(3)23-21(24)17-12-18-5-4-6-19(13-17)22(18)25-9-10-26-22/h7-8,11,16-19H,4-6,9-10,12-13H2,1-3H3,(H,23,24). The van der Waals surface area contributed by atoms with Gasteiger partial charge in [0.1, 0.15) is 0 Å². The molecule has 2 saturated carbocycles. The maximum absolute atomic E-state index is 13.1. The molecule has 3 atom stereocenters. The first kappa shape index (κ1) is 18.7. The van der Waals surface area contributed by atoms with Gasteiger partial charge in [-0.25, -0.2) is 0 Å². The Kier molecular flexibility index (Phi) is 5.35. The van der Waals surface area contributed by atoms with Crippen LogP contribution in [-0.4, -0.2) is 21.5 Å². The summed E-state index contributed by atoms with van der Waals surface area (Å²) in [6.07, 6.45) is 6.22. The Morgan fingerprint density at radius 1 is 1.15 bits per heavy atom. The van der Waals surface area contributed by atoms with Crippen LogP contribution in [0.15, 0.2) is 18.2 Å². The second-order valence-corrected chi connectivity index (χ2v) is 11.5.